The van der Waals surface area contributed by atoms with Crippen LogP contribution in [0.1, 0.15) is 0 Å². The summed E-state index contributed by atoms with van der Waals surface area (Å²) in [6.07, 6.45) is 7.23. The number of likely N-dealkylation sites (N-methyl/N-ethyl adjacent to an activating group) is 1. The summed E-state index contributed by atoms with van der Waals surface area (Å²) in [5.41, 5.74) is 5.24. The largest absolute Gasteiger partial charge is 0.369 e. The molecule has 29 heavy (non-hydrogen) atoms. The topological polar surface area (TPSA) is 61.6 Å². The first-order valence-electron chi connectivity index (χ1n) is 9.82. The molecule has 4 aromatic rings. The number of hydrogen-bond donors (Lipinski definition) is 1. The Bertz CT molecular complexity index is 1110. The molecule has 0 unspecified atom stereocenters. The number of nitrogens with one attached hydrogen (secondary N) is 1. The van der Waals surface area contributed by atoms with Crippen LogP contribution in [0.4, 0.5) is 17.2 Å². The predicted octanol–water partition coefficient (Wildman–Crippen LogP) is 3.29. The van der Waals surface area contributed by atoms with Crippen molar-refractivity contribution < 1.29 is 0 Å². The molecule has 1 aromatic carbocycles. The Morgan fingerprint density at radius 3 is 2.52 bits per heavy atom. The lowest BCUT2D eigenvalue weighted by molar-refractivity contribution is 0.313. The average molecular weight is 385 g/mol. The van der Waals surface area contributed by atoms with Gasteiger partial charge in [0.15, 0.2) is 5.65 Å². The molecule has 0 aliphatic carbocycles. The van der Waals surface area contributed by atoms with Crippen molar-refractivity contribution in [2.24, 2.45) is 0 Å². The van der Waals surface area contributed by atoms with Crippen LogP contribution in [-0.2, 0) is 0 Å². The van der Waals surface area contributed by atoms with Gasteiger partial charge in [0.05, 0.1) is 11.9 Å². The minimum atomic E-state index is 0.808. The third-order valence-electron chi connectivity index (χ3n) is 5.42. The Balaban J connectivity index is 1.43. The molecule has 1 N–H and O–H groups in total. The minimum Gasteiger partial charge on any atom is -0.369 e. The van der Waals surface area contributed by atoms with Crippen LogP contribution in [0.25, 0.3) is 16.8 Å². The van der Waals surface area contributed by atoms with Gasteiger partial charge in [-0.25, -0.2) is 4.98 Å². The van der Waals surface area contributed by atoms with Crippen molar-refractivity contribution in [1.82, 2.24) is 24.5 Å². The molecule has 3 aromatic heterocycles. The van der Waals surface area contributed by atoms with E-state index in [1.165, 1.54) is 5.69 Å². The van der Waals surface area contributed by atoms with Crippen LogP contribution in [0.3, 0.4) is 0 Å². The highest BCUT2D eigenvalue weighted by Gasteiger charge is 2.15. The van der Waals surface area contributed by atoms with Crippen LogP contribution in [0.5, 0.6) is 0 Å². The van der Waals surface area contributed by atoms with Crippen molar-refractivity contribution in [2.45, 2.75) is 0 Å². The number of hydrogen-bond acceptors (Lipinski definition) is 6. The summed E-state index contributed by atoms with van der Waals surface area (Å²) in [7, 11) is 2.18. The van der Waals surface area contributed by atoms with Gasteiger partial charge in [-0.1, -0.05) is 12.1 Å². The molecule has 1 aliphatic rings. The fraction of sp³-hybridized carbons (Fsp3) is 0.227. The molecule has 0 saturated carbocycles. The smallest absolute Gasteiger partial charge is 0.157 e. The van der Waals surface area contributed by atoms with Crippen molar-refractivity contribution in [3.8, 4) is 11.1 Å². The van der Waals surface area contributed by atoms with Crippen molar-refractivity contribution in [3.05, 3.63) is 67.3 Å². The number of fused-ring (bicyclic) bond motifs is 1. The maximum Gasteiger partial charge on any atom is 0.157 e. The second-order valence-corrected chi connectivity index (χ2v) is 7.31. The molecule has 0 bridgehead atoms. The van der Waals surface area contributed by atoms with Gasteiger partial charge in [0, 0.05) is 62.1 Å². The Morgan fingerprint density at radius 1 is 0.862 bits per heavy atom. The standard InChI is InChI=1S/C22H23N7/c1-27-12-14-28(15-13-27)18-4-2-17(3-5-18)19-16-23-9-6-20(19)26-22-7-10-24-21-8-11-25-29(21)22/h2-11,16H,12-15H2,1H3,(H,23,26). The SMILES string of the molecule is CN1CCN(c2ccc(-c3cnccc3Nc3ccnc4ccnn34)cc2)CC1. The average Bonchev–Trinajstić information content (AvgIpc) is 3.25. The Kier molecular flexibility index (Phi) is 4.57. The van der Waals surface area contributed by atoms with E-state index in [-0.39, 0.29) is 0 Å². The molecule has 7 nitrogen and oxygen atoms in total. The van der Waals surface area contributed by atoms with Crippen LogP contribution in [0, 0.1) is 0 Å². The van der Waals surface area contributed by atoms with Gasteiger partial charge in [-0.05, 0) is 36.9 Å². The van der Waals surface area contributed by atoms with Gasteiger partial charge >= 0.3 is 0 Å². The summed E-state index contributed by atoms with van der Waals surface area (Å²) in [5.74, 6) is 0.863. The van der Waals surface area contributed by atoms with E-state index in [0.717, 1.165) is 54.5 Å². The lowest BCUT2D eigenvalue weighted by Crippen LogP contribution is -2.44. The number of benzene rings is 1. The monoisotopic (exact) mass is 385 g/mol. The highest BCUT2D eigenvalue weighted by molar-refractivity contribution is 5.80. The summed E-state index contributed by atoms with van der Waals surface area (Å²) in [6.45, 7) is 4.34. The van der Waals surface area contributed by atoms with E-state index >= 15 is 0 Å². The molecule has 5 rings (SSSR count). The zero-order chi connectivity index (χ0) is 19.6. The number of rotatable bonds is 4. The second-order valence-electron chi connectivity index (χ2n) is 7.31. The van der Waals surface area contributed by atoms with Gasteiger partial charge in [-0.2, -0.15) is 9.61 Å². The van der Waals surface area contributed by atoms with E-state index in [4.69, 9.17) is 0 Å². The molecule has 1 saturated heterocycles. The quantitative estimate of drug-likeness (QED) is 0.582. The summed E-state index contributed by atoms with van der Waals surface area (Å²) < 4.78 is 1.79. The third-order valence-corrected chi connectivity index (χ3v) is 5.42. The van der Waals surface area contributed by atoms with E-state index in [2.05, 4.69) is 61.5 Å². The number of nitrogens with zero attached hydrogens (tertiary/aromatic N) is 6. The fourth-order valence-electron chi connectivity index (χ4n) is 3.72. The summed E-state index contributed by atoms with van der Waals surface area (Å²) in [4.78, 5) is 13.5. The van der Waals surface area contributed by atoms with Crippen LogP contribution >= 0.6 is 0 Å². The van der Waals surface area contributed by atoms with E-state index in [9.17, 15) is 0 Å². The fourth-order valence-corrected chi connectivity index (χ4v) is 3.72. The molecular formula is C22H23N7. The molecule has 1 aliphatic heterocycles. The summed E-state index contributed by atoms with van der Waals surface area (Å²) in [5, 5.41) is 7.84. The van der Waals surface area contributed by atoms with Gasteiger partial charge in [0.25, 0.3) is 0 Å². The number of anilines is 3. The van der Waals surface area contributed by atoms with E-state index in [1.54, 1.807) is 23.1 Å². The van der Waals surface area contributed by atoms with Gasteiger partial charge in [-0.3, -0.25) is 4.98 Å². The zero-order valence-electron chi connectivity index (χ0n) is 16.4. The lowest BCUT2D eigenvalue weighted by atomic mass is 10.0. The predicted molar refractivity (Wildman–Crippen MR) is 116 cm³/mol. The van der Waals surface area contributed by atoms with Crippen LogP contribution < -0.4 is 10.2 Å². The molecule has 4 heterocycles. The molecule has 146 valence electrons. The molecule has 0 spiro atoms. The molecule has 1 fully saturated rings. The van der Waals surface area contributed by atoms with E-state index in [1.807, 2.05) is 24.4 Å². The van der Waals surface area contributed by atoms with Crippen LogP contribution in [0.15, 0.2) is 67.3 Å². The van der Waals surface area contributed by atoms with Gasteiger partial charge < -0.3 is 15.1 Å². The highest BCUT2D eigenvalue weighted by atomic mass is 15.3. The maximum absolute atomic E-state index is 4.35. The first-order valence-corrected chi connectivity index (χ1v) is 9.82. The van der Waals surface area contributed by atoms with E-state index < -0.39 is 0 Å². The van der Waals surface area contributed by atoms with E-state index in [0.29, 0.717) is 0 Å². The van der Waals surface area contributed by atoms with Crippen LogP contribution in [-0.4, -0.2) is 57.7 Å². The molecule has 0 atom stereocenters. The normalized spacial score (nSPS) is 15.0. The van der Waals surface area contributed by atoms with Crippen molar-refractivity contribution in [1.29, 1.82) is 0 Å². The second kappa shape index (κ2) is 7.52. The third kappa shape index (κ3) is 3.52. The first kappa shape index (κ1) is 17.6. The summed E-state index contributed by atoms with van der Waals surface area (Å²) >= 11 is 0. The Morgan fingerprint density at radius 2 is 1.69 bits per heavy atom. The first-order chi connectivity index (χ1) is 14.3. The van der Waals surface area contributed by atoms with Gasteiger partial charge in [0.2, 0.25) is 0 Å². The van der Waals surface area contributed by atoms with Crippen LogP contribution in [0.2, 0.25) is 0 Å². The minimum absolute atomic E-state index is 0.808. The highest BCUT2D eigenvalue weighted by Crippen LogP contribution is 2.31. The number of piperazine rings is 1. The number of aromatic nitrogens is 4. The molecular weight excluding hydrogens is 362 g/mol. The van der Waals surface area contributed by atoms with Crippen molar-refractivity contribution >= 4 is 22.8 Å². The molecule has 0 amide bonds. The number of pyridine rings is 1. The summed E-state index contributed by atoms with van der Waals surface area (Å²) in [6, 6.07) is 14.5. The Labute approximate surface area is 169 Å². The molecule has 0 radical (unpaired) electrons. The van der Waals surface area contributed by atoms with Crippen molar-refractivity contribution in [3.63, 3.8) is 0 Å². The maximum atomic E-state index is 4.35. The lowest BCUT2D eigenvalue weighted by Gasteiger charge is -2.34. The Hall–Kier alpha value is -3.45. The van der Waals surface area contributed by atoms with Gasteiger partial charge in [-0.15, -0.1) is 0 Å². The van der Waals surface area contributed by atoms with Crippen molar-refractivity contribution in [2.75, 3.05) is 43.4 Å². The zero-order valence-corrected chi connectivity index (χ0v) is 16.4. The van der Waals surface area contributed by atoms with Gasteiger partial charge in [0.1, 0.15) is 5.82 Å². The molecule has 7 heteroatoms.